The molecule has 0 aliphatic heterocycles. The lowest BCUT2D eigenvalue weighted by Crippen LogP contribution is -2.13. The fraction of sp³-hybridized carbons (Fsp3) is 0.278. The molecule has 0 bridgehead atoms. The number of halogens is 1. The van der Waals surface area contributed by atoms with Gasteiger partial charge in [0, 0.05) is 16.1 Å². The van der Waals surface area contributed by atoms with E-state index < -0.39 is 0 Å². The molecular weight excluding hydrogens is 326 g/mol. The van der Waals surface area contributed by atoms with Gasteiger partial charge in [-0.15, -0.1) is 0 Å². The van der Waals surface area contributed by atoms with Gasteiger partial charge in [-0.05, 0) is 61.1 Å². The van der Waals surface area contributed by atoms with Crippen LogP contribution in [0.25, 0.3) is 0 Å². The van der Waals surface area contributed by atoms with E-state index in [0.29, 0.717) is 0 Å². The van der Waals surface area contributed by atoms with Crippen molar-refractivity contribution in [2.24, 2.45) is 0 Å². The highest BCUT2D eigenvalue weighted by atomic mass is 79.9. The largest absolute Gasteiger partial charge is 0.322 e. The van der Waals surface area contributed by atoms with Crippen molar-refractivity contribution >= 4 is 27.5 Å². The number of amides is 1. The summed E-state index contributed by atoms with van der Waals surface area (Å²) in [6.45, 7) is 2.06. The zero-order valence-corrected chi connectivity index (χ0v) is 13.6. The molecule has 21 heavy (non-hydrogen) atoms. The van der Waals surface area contributed by atoms with Crippen molar-refractivity contribution in [2.45, 2.75) is 31.0 Å². The van der Waals surface area contributed by atoms with Crippen LogP contribution in [0, 0.1) is 0 Å². The van der Waals surface area contributed by atoms with Crippen LogP contribution in [0.5, 0.6) is 0 Å². The average Bonchev–Trinajstić information content (AvgIpc) is 2.94. The number of nitrogens with one attached hydrogen (secondary N) is 1. The molecule has 1 atom stereocenters. The summed E-state index contributed by atoms with van der Waals surface area (Å²) < 4.78 is 0. The Morgan fingerprint density at radius 2 is 1.90 bits per heavy atom. The molecule has 0 saturated heterocycles. The van der Waals surface area contributed by atoms with E-state index in [1.54, 1.807) is 0 Å². The van der Waals surface area contributed by atoms with Crippen LogP contribution >= 0.6 is 15.9 Å². The summed E-state index contributed by atoms with van der Waals surface area (Å²) in [7, 11) is 0. The summed E-state index contributed by atoms with van der Waals surface area (Å²) in [4.78, 5) is 12.7. The normalized spacial score (nSPS) is 14.6. The molecule has 2 aromatic rings. The van der Waals surface area contributed by atoms with Gasteiger partial charge in [0.15, 0.2) is 0 Å². The molecule has 1 unspecified atom stereocenters. The van der Waals surface area contributed by atoms with Crippen LogP contribution in [-0.2, 0) is 12.8 Å². The SMILES string of the molecule is CC(Br)c1ccccc1NC(=O)c1ccc2c(c1)CCC2. The lowest BCUT2D eigenvalue weighted by Gasteiger charge is -2.13. The predicted molar refractivity (Wildman–Crippen MR) is 90.2 cm³/mol. The number of carbonyl (C=O) groups is 1. The lowest BCUT2D eigenvalue weighted by molar-refractivity contribution is 0.102. The van der Waals surface area contributed by atoms with Crippen molar-refractivity contribution in [1.82, 2.24) is 0 Å². The summed E-state index contributed by atoms with van der Waals surface area (Å²) in [6.07, 6.45) is 3.43. The molecule has 3 heteroatoms. The molecule has 108 valence electrons. The zero-order valence-electron chi connectivity index (χ0n) is 12.0. The summed E-state index contributed by atoms with van der Waals surface area (Å²) in [5.41, 5.74) is 5.41. The molecule has 0 fully saturated rings. The van der Waals surface area contributed by atoms with Crippen LogP contribution in [0.3, 0.4) is 0 Å². The molecule has 1 amide bonds. The minimum atomic E-state index is -0.0368. The lowest BCUT2D eigenvalue weighted by atomic mass is 10.1. The number of hydrogen-bond acceptors (Lipinski definition) is 1. The minimum Gasteiger partial charge on any atom is -0.322 e. The second-order valence-electron chi connectivity index (χ2n) is 5.49. The number of carbonyl (C=O) groups excluding carboxylic acids is 1. The smallest absolute Gasteiger partial charge is 0.255 e. The van der Waals surface area contributed by atoms with E-state index in [1.807, 2.05) is 36.4 Å². The number of benzene rings is 2. The first-order valence-electron chi connectivity index (χ1n) is 7.31. The quantitative estimate of drug-likeness (QED) is 0.790. The van der Waals surface area contributed by atoms with E-state index in [9.17, 15) is 4.79 Å². The van der Waals surface area contributed by atoms with Gasteiger partial charge >= 0.3 is 0 Å². The monoisotopic (exact) mass is 343 g/mol. The van der Waals surface area contributed by atoms with Crippen molar-refractivity contribution in [2.75, 3.05) is 5.32 Å². The Morgan fingerprint density at radius 3 is 2.71 bits per heavy atom. The van der Waals surface area contributed by atoms with Gasteiger partial charge in [0.1, 0.15) is 0 Å². The van der Waals surface area contributed by atoms with Crippen molar-refractivity contribution in [3.8, 4) is 0 Å². The van der Waals surface area contributed by atoms with Crippen LogP contribution < -0.4 is 5.32 Å². The number of aryl methyl sites for hydroxylation is 2. The molecule has 0 heterocycles. The highest BCUT2D eigenvalue weighted by Gasteiger charge is 2.15. The maximum Gasteiger partial charge on any atom is 0.255 e. The van der Waals surface area contributed by atoms with E-state index >= 15 is 0 Å². The molecule has 1 aliphatic carbocycles. The Bertz CT molecular complexity index is 679. The van der Waals surface area contributed by atoms with Gasteiger partial charge in [-0.1, -0.05) is 40.2 Å². The number of fused-ring (bicyclic) bond motifs is 1. The van der Waals surface area contributed by atoms with E-state index in [-0.39, 0.29) is 10.7 Å². The highest BCUT2D eigenvalue weighted by Crippen LogP contribution is 2.29. The number of hydrogen-bond donors (Lipinski definition) is 1. The molecule has 0 aromatic heterocycles. The number of alkyl halides is 1. The molecule has 1 aliphatic rings. The van der Waals surface area contributed by atoms with Crippen LogP contribution in [0.4, 0.5) is 5.69 Å². The zero-order chi connectivity index (χ0) is 14.8. The third-order valence-corrected chi connectivity index (χ3v) is 4.49. The Balaban J connectivity index is 1.84. The fourth-order valence-electron chi connectivity index (χ4n) is 2.87. The van der Waals surface area contributed by atoms with Crippen molar-refractivity contribution in [3.05, 3.63) is 64.7 Å². The first-order valence-corrected chi connectivity index (χ1v) is 8.23. The Kier molecular flexibility index (Phi) is 4.11. The van der Waals surface area contributed by atoms with E-state index in [4.69, 9.17) is 0 Å². The van der Waals surface area contributed by atoms with Gasteiger partial charge in [-0.2, -0.15) is 0 Å². The van der Waals surface area contributed by atoms with Gasteiger partial charge in [-0.3, -0.25) is 4.79 Å². The molecule has 0 saturated carbocycles. The topological polar surface area (TPSA) is 29.1 Å². The van der Waals surface area contributed by atoms with Gasteiger partial charge < -0.3 is 5.32 Å². The van der Waals surface area contributed by atoms with Crippen LogP contribution in [0.1, 0.15) is 45.2 Å². The summed E-state index contributed by atoms with van der Waals surface area (Å²) >= 11 is 3.57. The molecule has 0 spiro atoms. The Hall–Kier alpha value is -1.61. The minimum absolute atomic E-state index is 0.0368. The summed E-state index contributed by atoms with van der Waals surface area (Å²) in [6, 6.07) is 14.0. The molecule has 3 rings (SSSR count). The van der Waals surface area contributed by atoms with Gasteiger partial charge in [0.2, 0.25) is 0 Å². The maximum atomic E-state index is 12.5. The molecule has 2 nitrogen and oxygen atoms in total. The second-order valence-corrected chi connectivity index (χ2v) is 6.87. The van der Waals surface area contributed by atoms with Crippen LogP contribution in [0.15, 0.2) is 42.5 Å². The van der Waals surface area contributed by atoms with Crippen molar-refractivity contribution in [1.29, 1.82) is 0 Å². The summed E-state index contributed by atoms with van der Waals surface area (Å²) in [5.74, 6) is -0.0368. The molecule has 1 N–H and O–H groups in total. The van der Waals surface area contributed by atoms with Gasteiger partial charge in [-0.25, -0.2) is 0 Å². The van der Waals surface area contributed by atoms with E-state index in [0.717, 1.165) is 29.7 Å². The standard InChI is InChI=1S/C18H18BrNO/c1-12(19)16-7-2-3-8-17(16)20-18(21)15-10-9-13-5-4-6-14(13)11-15/h2-3,7-12H,4-6H2,1H3,(H,20,21). The van der Waals surface area contributed by atoms with Crippen molar-refractivity contribution in [3.63, 3.8) is 0 Å². The number of rotatable bonds is 3. The number of anilines is 1. The first kappa shape index (κ1) is 14.3. The van der Waals surface area contributed by atoms with E-state index in [1.165, 1.54) is 17.5 Å². The summed E-state index contributed by atoms with van der Waals surface area (Å²) in [5, 5.41) is 3.03. The fourth-order valence-corrected chi connectivity index (χ4v) is 3.26. The predicted octanol–water partition coefficient (Wildman–Crippen LogP) is 4.88. The average molecular weight is 344 g/mol. The molecule has 0 radical (unpaired) electrons. The van der Waals surface area contributed by atoms with Crippen LogP contribution in [0.2, 0.25) is 0 Å². The first-order chi connectivity index (χ1) is 10.1. The van der Waals surface area contributed by atoms with Gasteiger partial charge in [0.25, 0.3) is 5.91 Å². The maximum absolute atomic E-state index is 12.5. The number of para-hydroxylation sites is 1. The highest BCUT2D eigenvalue weighted by molar-refractivity contribution is 9.09. The van der Waals surface area contributed by atoms with Crippen LogP contribution in [-0.4, -0.2) is 5.91 Å². The Morgan fingerprint density at radius 1 is 1.14 bits per heavy atom. The van der Waals surface area contributed by atoms with Crippen molar-refractivity contribution < 1.29 is 4.79 Å². The third-order valence-electron chi connectivity index (χ3n) is 4.00. The molecular formula is C18H18BrNO. The molecule has 2 aromatic carbocycles. The van der Waals surface area contributed by atoms with Gasteiger partial charge in [0.05, 0.1) is 0 Å². The van der Waals surface area contributed by atoms with E-state index in [2.05, 4.69) is 34.2 Å². The third kappa shape index (κ3) is 3.03. The second kappa shape index (κ2) is 6.02. The Labute approximate surface area is 133 Å².